The Morgan fingerprint density at radius 3 is 2.63 bits per heavy atom. The van der Waals surface area contributed by atoms with Gasteiger partial charge in [0, 0.05) is 0 Å². The first-order valence-corrected chi connectivity index (χ1v) is 6.94. The van der Waals surface area contributed by atoms with Crippen molar-refractivity contribution in [1.29, 1.82) is 0 Å². The highest BCUT2D eigenvalue weighted by Crippen LogP contribution is 2.23. The Hall–Kier alpha value is -1.37. The predicted octanol–water partition coefficient (Wildman–Crippen LogP) is 3.19. The minimum absolute atomic E-state index is 0.363. The van der Waals surface area contributed by atoms with Gasteiger partial charge >= 0.3 is 5.97 Å². The molecule has 1 aromatic heterocycles. The molecule has 2 rings (SSSR count). The summed E-state index contributed by atoms with van der Waals surface area (Å²) in [6, 6.07) is 6.17. The molecular formula is C14H15IN2O2. The van der Waals surface area contributed by atoms with Crippen molar-refractivity contribution in [3.05, 3.63) is 44.3 Å². The largest absolute Gasteiger partial charge is 0.464 e. The summed E-state index contributed by atoms with van der Waals surface area (Å²) in [6.07, 6.45) is 0. The Balaban J connectivity index is 2.63. The summed E-state index contributed by atoms with van der Waals surface area (Å²) in [7, 11) is 1.37. The Bertz CT molecular complexity index is 647. The molecule has 0 N–H and O–H groups in total. The molecule has 0 aliphatic carbocycles. The van der Waals surface area contributed by atoms with Crippen molar-refractivity contribution in [2.75, 3.05) is 7.11 Å². The average molecular weight is 370 g/mol. The first kappa shape index (κ1) is 14.0. The fourth-order valence-corrected chi connectivity index (χ4v) is 2.45. The summed E-state index contributed by atoms with van der Waals surface area (Å²) in [5.74, 6) is -0.406. The van der Waals surface area contributed by atoms with Crippen LogP contribution in [0.4, 0.5) is 0 Å². The van der Waals surface area contributed by atoms with Crippen LogP contribution in [0.2, 0.25) is 0 Å². The minimum atomic E-state index is -0.406. The zero-order chi connectivity index (χ0) is 14.2. The molecule has 0 aliphatic heterocycles. The molecule has 0 saturated carbocycles. The minimum Gasteiger partial charge on any atom is -0.464 e. The lowest BCUT2D eigenvalue weighted by molar-refractivity contribution is 0.0592. The first-order chi connectivity index (χ1) is 8.95. The summed E-state index contributed by atoms with van der Waals surface area (Å²) >= 11 is 2.13. The molecule has 0 unspecified atom stereocenters. The number of methoxy groups -OCH3 is 1. The second-order valence-corrected chi connectivity index (χ2v) is 5.52. The van der Waals surface area contributed by atoms with Crippen molar-refractivity contribution in [3.63, 3.8) is 0 Å². The van der Waals surface area contributed by atoms with Crippen molar-refractivity contribution < 1.29 is 9.53 Å². The van der Waals surface area contributed by atoms with Crippen LogP contribution in [-0.4, -0.2) is 22.9 Å². The number of benzene rings is 1. The van der Waals surface area contributed by atoms with E-state index in [0.29, 0.717) is 5.69 Å². The second-order valence-electron chi connectivity index (χ2n) is 4.44. The van der Waals surface area contributed by atoms with Gasteiger partial charge in [0.25, 0.3) is 0 Å². The number of hydrogen-bond donors (Lipinski definition) is 0. The number of aromatic nitrogens is 2. The summed E-state index contributed by atoms with van der Waals surface area (Å²) in [6.45, 7) is 6.01. The molecular weight excluding hydrogens is 355 g/mol. The maximum atomic E-state index is 11.7. The van der Waals surface area contributed by atoms with Crippen molar-refractivity contribution >= 4 is 28.6 Å². The Labute approximate surface area is 125 Å². The average Bonchev–Trinajstić information content (AvgIpc) is 2.69. The van der Waals surface area contributed by atoms with Gasteiger partial charge in [-0.15, -0.1) is 0 Å². The third-order valence-corrected chi connectivity index (χ3v) is 4.31. The number of aryl methyl sites for hydroxylation is 2. The molecule has 100 valence electrons. The van der Waals surface area contributed by atoms with Crippen molar-refractivity contribution in [3.8, 4) is 5.69 Å². The number of carbonyl (C=O) groups excluding carboxylic acids is 1. The molecule has 0 amide bonds. The highest BCUT2D eigenvalue weighted by Gasteiger charge is 2.20. The first-order valence-electron chi connectivity index (χ1n) is 5.86. The maximum absolute atomic E-state index is 11.7. The normalized spacial score (nSPS) is 10.6. The molecule has 4 nitrogen and oxygen atoms in total. The lowest BCUT2D eigenvalue weighted by Crippen LogP contribution is -2.06. The van der Waals surface area contributed by atoms with Crippen molar-refractivity contribution in [2.24, 2.45) is 0 Å². The fraction of sp³-hybridized carbons (Fsp3) is 0.286. The zero-order valence-corrected chi connectivity index (χ0v) is 13.5. The van der Waals surface area contributed by atoms with E-state index in [1.807, 2.05) is 20.8 Å². The van der Waals surface area contributed by atoms with Crippen LogP contribution in [-0.2, 0) is 4.74 Å². The number of carbonyl (C=O) groups is 1. The zero-order valence-electron chi connectivity index (χ0n) is 11.3. The van der Waals surface area contributed by atoms with Gasteiger partial charge in [0.15, 0.2) is 5.69 Å². The third kappa shape index (κ3) is 2.51. The number of esters is 1. The summed E-state index contributed by atoms with van der Waals surface area (Å²) in [4.78, 5) is 11.7. The predicted molar refractivity (Wildman–Crippen MR) is 81.8 cm³/mol. The fourth-order valence-electron chi connectivity index (χ4n) is 1.89. The van der Waals surface area contributed by atoms with Crippen molar-refractivity contribution in [2.45, 2.75) is 20.8 Å². The van der Waals surface area contributed by atoms with Gasteiger partial charge in [-0.25, -0.2) is 9.48 Å². The highest BCUT2D eigenvalue weighted by atomic mass is 127. The van der Waals surface area contributed by atoms with E-state index in [0.717, 1.165) is 26.1 Å². The number of rotatable bonds is 2. The third-order valence-electron chi connectivity index (χ3n) is 3.01. The molecule has 5 heteroatoms. The van der Waals surface area contributed by atoms with E-state index >= 15 is 0 Å². The highest BCUT2D eigenvalue weighted by molar-refractivity contribution is 14.1. The molecule has 0 bridgehead atoms. The summed E-state index contributed by atoms with van der Waals surface area (Å²) < 4.78 is 7.38. The molecule has 0 radical (unpaired) electrons. The van der Waals surface area contributed by atoms with Gasteiger partial charge in [-0.1, -0.05) is 12.1 Å². The maximum Gasteiger partial charge on any atom is 0.359 e. The van der Waals surface area contributed by atoms with Crippen LogP contribution in [0, 0.1) is 24.3 Å². The topological polar surface area (TPSA) is 44.1 Å². The number of halogens is 1. The smallest absolute Gasteiger partial charge is 0.359 e. The van der Waals surface area contributed by atoms with E-state index in [4.69, 9.17) is 4.74 Å². The van der Waals surface area contributed by atoms with Gasteiger partial charge < -0.3 is 4.74 Å². The molecule has 0 saturated heterocycles. The summed E-state index contributed by atoms with van der Waals surface area (Å²) in [5, 5.41) is 4.39. The van der Waals surface area contributed by atoms with Gasteiger partial charge in [-0.05, 0) is 60.6 Å². The van der Waals surface area contributed by atoms with E-state index < -0.39 is 5.97 Å². The van der Waals surface area contributed by atoms with E-state index in [2.05, 4.69) is 45.9 Å². The number of hydrogen-bond acceptors (Lipinski definition) is 3. The second kappa shape index (κ2) is 5.32. The molecule has 0 fully saturated rings. The molecule has 0 aliphatic rings. The lowest BCUT2D eigenvalue weighted by Gasteiger charge is -2.09. The number of nitrogens with zero attached hydrogens (tertiary/aromatic N) is 2. The van der Waals surface area contributed by atoms with E-state index in [9.17, 15) is 4.79 Å². The SMILES string of the molecule is COC(=O)c1nn(-c2cc(C)ccc2C)c(C)c1I. The van der Waals surface area contributed by atoms with Crippen LogP contribution in [0.3, 0.4) is 0 Å². The van der Waals surface area contributed by atoms with Gasteiger partial charge in [0.1, 0.15) is 0 Å². The quantitative estimate of drug-likeness (QED) is 0.603. The number of ether oxygens (including phenoxy) is 1. The van der Waals surface area contributed by atoms with Crippen LogP contribution >= 0.6 is 22.6 Å². The van der Waals surface area contributed by atoms with Crippen LogP contribution < -0.4 is 0 Å². The Morgan fingerprint density at radius 1 is 1.32 bits per heavy atom. The van der Waals surface area contributed by atoms with Gasteiger partial charge in [-0.3, -0.25) is 0 Å². The van der Waals surface area contributed by atoms with Crippen LogP contribution in [0.1, 0.15) is 27.3 Å². The van der Waals surface area contributed by atoms with Crippen LogP contribution in [0.5, 0.6) is 0 Å². The van der Waals surface area contributed by atoms with Crippen LogP contribution in [0.25, 0.3) is 5.69 Å². The Morgan fingerprint density at radius 2 is 2.00 bits per heavy atom. The lowest BCUT2D eigenvalue weighted by atomic mass is 10.1. The van der Waals surface area contributed by atoms with E-state index in [1.54, 1.807) is 4.68 Å². The molecule has 0 atom stereocenters. The van der Waals surface area contributed by atoms with Gasteiger partial charge in [0.05, 0.1) is 22.1 Å². The Kier molecular flexibility index (Phi) is 3.93. The molecule has 19 heavy (non-hydrogen) atoms. The molecule has 1 aromatic carbocycles. The molecule has 2 aromatic rings. The molecule has 0 spiro atoms. The standard InChI is InChI=1S/C14H15IN2O2/c1-8-5-6-9(2)11(7-8)17-10(3)12(15)13(16-17)14(18)19-4/h5-7H,1-4H3. The van der Waals surface area contributed by atoms with Gasteiger partial charge in [0.2, 0.25) is 0 Å². The van der Waals surface area contributed by atoms with Crippen LogP contribution in [0.15, 0.2) is 18.2 Å². The monoisotopic (exact) mass is 370 g/mol. The summed E-state index contributed by atoms with van der Waals surface area (Å²) in [5.41, 5.74) is 4.57. The van der Waals surface area contributed by atoms with Gasteiger partial charge in [-0.2, -0.15) is 5.10 Å². The molecule has 1 heterocycles. The van der Waals surface area contributed by atoms with Crippen molar-refractivity contribution in [1.82, 2.24) is 9.78 Å². The van der Waals surface area contributed by atoms with E-state index in [-0.39, 0.29) is 0 Å². The van der Waals surface area contributed by atoms with E-state index in [1.165, 1.54) is 7.11 Å².